The second kappa shape index (κ2) is 16.8. The van der Waals surface area contributed by atoms with Gasteiger partial charge < -0.3 is 8.85 Å². The minimum absolute atomic E-state index is 0.252. The van der Waals surface area contributed by atoms with Gasteiger partial charge in [-0.15, -0.1) is 6.58 Å². The molecule has 0 aliphatic carbocycles. The molecule has 0 radical (unpaired) electrons. The summed E-state index contributed by atoms with van der Waals surface area (Å²) < 4.78 is 12.6. The van der Waals surface area contributed by atoms with Crippen LogP contribution in [0, 0.1) is 11.8 Å². The van der Waals surface area contributed by atoms with Crippen molar-refractivity contribution in [3.63, 3.8) is 0 Å². The average Bonchev–Trinajstić information content (AvgIpc) is 2.63. The van der Waals surface area contributed by atoms with Gasteiger partial charge in [0.2, 0.25) is 0 Å². The molecule has 0 saturated carbocycles. The zero-order valence-electron chi connectivity index (χ0n) is 19.5. The van der Waals surface area contributed by atoms with Crippen molar-refractivity contribution in [3.8, 4) is 0 Å². The Bertz CT molecular complexity index is 335. The van der Waals surface area contributed by atoms with E-state index < -0.39 is 8.56 Å². The molecular weight excluding hydrogens is 348 g/mol. The van der Waals surface area contributed by atoms with E-state index in [1.807, 2.05) is 5.70 Å². The van der Waals surface area contributed by atoms with Crippen LogP contribution in [0.3, 0.4) is 0 Å². The summed E-state index contributed by atoms with van der Waals surface area (Å²) in [6, 6.07) is 0. The van der Waals surface area contributed by atoms with Gasteiger partial charge in [0.05, 0.1) is 6.10 Å². The molecule has 0 heterocycles. The first-order chi connectivity index (χ1) is 12.9. The van der Waals surface area contributed by atoms with Crippen LogP contribution in [0.5, 0.6) is 0 Å². The third-order valence-electron chi connectivity index (χ3n) is 5.44. The van der Waals surface area contributed by atoms with Crippen molar-refractivity contribution in [1.29, 1.82) is 0 Å². The summed E-state index contributed by atoms with van der Waals surface area (Å²) in [5.41, 5.74) is 1.95. The molecular formula is C24H50O2Si. The molecule has 1 unspecified atom stereocenters. The maximum atomic E-state index is 6.42. The highest BCUT2D eigenvalue weighted by molar-refractivity contribution is 6.71. The molecule has 0 spiro atoms. The molecule has 0 bridgehead atoms. The van der Waals surface area contributed by atoms with Crippen molar-refractivity contribution in [2.45, 2.75) is 124 Å². The normalized spacial score (nSPS) is 14.3. The fraction of sp³-hybridized carbons (Fsp3) is 0.917. The largest absolute Gasteiger partial charge is 0.391 e. The molecule has 3 heteroatoms. The Morgan fingerprint density at radius 2 is 1.15 bits per heavy atom. The van der Waals surface area contributed by atoms with E-state index in [0.29, 0.717) is 11.8 Å². The van der Waals surface area contributed by atoms with Crippen LogP contribution in [0.2, 0.25) is 6.55 Å². The van der Waals surface area contributed by atoms with Gasteiger partial charge >= 0.3 is 8.56 Å². The van der Waals surface area contributed by atoms with Crippen LogP contribution < -0.4 is 0 Å². The fourth-order valence-corrected chi connectivity index (χ4v) is 5.59. The molecule has 27 heavy (non-hydrogen) atoms. The molecule has 0 aliphatic rings. The summed E-state index contributed by atoms with van der Waals surface area (Å²) in [5.74, 6) is 1.01. The topological polar surface area (TPSA) is 18.5 Å². The van der Waals surface area contributed by atoms with E-state index in [1.54, 1.807) is 0 Å². The van der Waals surface area contributed by atoms with E-state index in [2.05, 4.69) is 47.7 Å². The SMILES string of the molecule is C=C[Si](C)(OCCCCCCCCCCCCCC)OC(C(C)C)C(C)C. The van der Waals surface area contributed by atoms with Crippen LogP contribution >= 0.6 is 0 Å². The molecule has 0 saturated heterocycles. The second-order valence-corrected chi connectivity index (χ2v) is 12.0. The molecule has 2 nitrogen and oxygen atoms in total. The third kappa shape index (κ3) is 14.5. The molecule has 0 aromatic carbocycles. The molecule has 0 rings (SSSR count). The third-order valence-corrected chi connectivity index (χ3v) is 7.70. The summed E-state index contributed by atoms with van der Waals surface area (Å²) in [6.45, 7) is 18.2. The maximum absolute atomic E-state index is 6.42. The lowest BCUT2D eigenvalue weighted by molar-refractivity contribution is 0.0588. The molecule has 162 valence electrons. The van der Waals surface area contributed by atoms with Gasteiger partial charge in [0.25, 0.3) is 0 Å². The van der Waals surface area contributed by atoms with Gasteiger partial charge in [-0.25, -0.2) is 0 Å². The number of unbranched alkanes of at least 4 members (excludes halogenated alkanes) is 11. The van der Waals surface area contributed by atoms with Crippen LogP contribution in [0.1, 0.15) is 112 Å². The monoisotopic (exact) mass is 398 g/mol. The van der Waals surface area contributed by atoms with Crippen molar-refractivity contribution in [1.82, 2.24) is 0 Å². The first kappa shape index (κ1) is 26.9. The van der Waals surface area contributed by atoms with Gasteiger partial charge in [0, 0.05) is 6.61 Å². The summed E-state index contributed by atoms with van der Waals surface area (Å²) >= 11 is 0. The van der Waals surface area contributed by atoms with Crippen molar-refractivity contribution in [3.05, 3.63) is 12.3 Å². The number of hydrogen-bond acceptors (Lipinski definition) is 2. The molecule has 0 N–H and O–H groups in total. The minimum Gasteiger partial charge on any atom is -0.391 e. The lowest BCUT2D eigenvalue weighted by Crippen LogP contribution is -2.44. The van der Waals surface area contributed by atoms with Crippen molar-refractivity contribution in [2.75, 3.05) is 6.61 Å². The molecule has 0 fully saturated rings. The second-order valence-electron chi connectivity index (χ2n) is 9.03. The number of rotatable bonds is 19. The van der Waals surface area contributed by atoms with E-state index >= 15 is 0 Å². The van der Waals surface area contributed by atoms with E-state index in [-0.39, 0.29) is 6.10 Å². The van der Waals surface area contributed by atoms with Crippen LogP contribution in [-0.4, -0.2) is 21.3 Å². The van der Waals surface area contributed by atoms with Gasteiger partial charge in [-0.2, -0.15) is 0 Å². The summed E-state index contributed by atoms with van der Waals surface area (Å²) in [5, 5.41) is 0. The highest BCUT2D eigenvalue weighted by atomic mass is 28.4. The fourth-order valence-electron chi connectivity index (χ4n) is 3.67. The van der Waals surface area contributed by atoms with Crippen LogP contribution in [0.25, 0.3) is 0 Å². The average molecular weight is 399 g/mol. The predicted octanol–water partition coefficient (Wildman–Crippen LogP) is 8.20. The zero-order chi connectivity index (χ0) is 20.5. The van der Waals surface area contributed by atoms with E-state index in [4.69, 9.17) is 8.85 Å². The van der Waals surface area contributed by atoms with Crippen LogP contribution in [0.15, 0.2) is 12.3 Å². The Morgan fingerprint density at radius 3 is 1.52 bits per heavy atom. The summed E-state index contributed by atoms with van der Waals surface area (Å²) in [7, 11) is -2.25. The van der Waals surface area contributed by atoms with E-state index in [9.17, 15) is 0 Å². The zero-order valence-corrected chi connectivity index (χ0v) is 20.5. The van der Waals surface area contributed by atoms with Gasteiger partial charge in [0.15, 0.2) is 0 Å². The Balaban J connectivity index is 3.73. The van der Waals surface area contributed by atoms with Gasteiger partial charge in [-0.05, 0) is 30.5 Å². The highest BCUT2D eigenvalue weighted by Crippen LogP contribution is 2.23. The number of hydrogen-bond donors (Lipinski definition) is 0. The Hall–Kier alpha value is -0.123. The molecule has 0 aromatic rings. The first-order valence-electron chi connectivity index (χ1n) is 11.8. The van der Waals surface area contributed by atoms with Gasteiger partial charge in [-0.3, -0.25) is 0 Å². The maximum Gasteiger partial charge on any atom is 0.361 e. The predicted molar refractivity (Wildman–Crippen MR) is 123 cm³/mol. The highest BCUT2D eigenvalue weighted by Gasteiger charge is 2.33. The lowest BCUT2D eigenvalue weighted by atomic mass is 9.97. The lowest BCUT2D eigenvalue weighted by Gasteiger charge is -2.33. The van der Waals surface area contributed by atoms with Gasteiger partial charge in [0.1, 0.15) is 0 Å². The Morgan fingerprint density at radius 1 is 0.741 bits per heavy atom. The van der Waals surface area contributed by atoms with Crippen LogP contribution in [0.4, 0.5) is 0 Å². The Kier molecular flexibility index (Phi) is 16.7. The van der Waals surface area contributed by atoms with E-state index in [1.165, 1.54) is 70.6 Å². The molecule has 0 aromatic heterocycles. The van der Waals surface area contributed by atoms with Crippen LogP contribution in [-0.2, 0) is 8.85 Å². The minimum atomic E-state index is -2.25. The quantitative estimate of drug-likeness (QED) is 0.161. The molecule has 1 atom stereocenters. The van der Waals surface area contributed by atoms with Gasteiger partial charge in [-0.1, -0.05) is 105 Å². The molecule has 0 amide bonds. The summed E-state index contributed by atoms with van der Waals surface area (Å²) in [6.07, 6.45) is 16.7. The smallest absolute Gasteiger partial charge is 0.361 e. The molecule has 0 aliphatic heterocycles. The summed E-state index contributed by atoms with van der Waals surface area (Å²) in [4.78, 5) is 0. The van der Waals surface area contributed by atoms with E-state index in [0.717, 1.165) is 13.0 Å². The first-order valence-corrected chi connectivity index (χ1v) is 14.2. The van der Waals surface area contributed by atoms with Crippen molar-refractivity contribution >= 4 is 8.56 Å². The Labute approximate surface area is 172 Å². The standard InChI is InChI=1S/C24H50O2Si/c1-8-10-11-12-13-14-15-16-17-18-19-20-21-25-27(7,9-2)26-24(22(3)4)23(5)6/h9,22-24H,2,8,10-21H2,1,3-7H3. The van der Waals surface area contributed by atoms with Crippen molar-refractivity contribution < 1.29 is 8.85 Å². The van der Waals surface area contributed by atoms with Crippen molar-refractivity contribution in [2.24, 2.45) is 11.8 Å².